The number of hydrogen-bond donors (Lipinski definition) is 0. The van der Waals surface area contributed by atoms with Gasteiger partial charge in [-0.05, 0) is 17.7 Å². The number of benzene rings is 2. The number of rotatable bonds is 6. The number of ether oxygens (including phenoxy) is 1. The maximum Gasteiger partial charge on any atom is 0.299 e. The van der Waals surface area contributed by atoms with Gasteiger partial charge in [0.1, 0.15) is 0 Å². The minimum atomic E-state index is -3.74. The zero-order chi connectivity index (χ0) is 13.6. The third-order valence-electron chi connectivity index (χ3n) is 2.43. The van der Waals surface area contributed by atoms with Gasteiger partial charge in [-0.15, -0.1) is 0 Å². The summed E-state index contributed by atoms with van der Waals surface area (Å²) in [7, 11) is -3.74. The van der Waals surface area contributed by atoms with Crippen molar-refractivity contribution in [3.8, 4) is 0 Å². The van der Waals surface area contributed by atoms with Gasteiger partial charge in [-0.25, -0.2) is 4.18 Å². The molecule has 0 spiro atoms. The molecule has 100 valence electrons. The third-order valence-corrected chi connectivity index (χ3v) is 3.69. The Bertz CT molecular complexity index is 594. The van der Waals surface area contributed by atoms with Crippen LogP contribution in [-0.4, -0.2) is 15.2 Å². The first-order valence-corrected chi connectivity index (χ1v) is 7.15. The molecule has 19 heavy (non-hydrogen) atoms. The molecule has 0 saturated heterocycles. The SMILES string of the molecule is O=S(=O)(OCOCc1ccccc1)c1ccccc1. The van der Waals surface area contributed by atoms with E-state index in [1.807, 2.05) is 30.3 Å². The second-order valence-electron chi connectivity index (χ2n) is 3.84. The van der Waals surface area contributed by atoms with Gasteiger partial charge in [0.15, 0.2) is 6.79 Å². The van der Waals surface area contributed by atoms with Crippen LogP contribution in [-0.2, 0) is 25.6 Å². The molecule has 5 heteroatoms. The minimum absolute atomic E-state index is 0.123. The topological polar surface area (TPSA) is 52.6 Å². The van der Waals surface area contributed by atoms with Crippen LogP contribution in [0.1, 0.15) is 5.56 Å². The van der Waals surface area contributed by atoms with Crippen molar-refractivity contribution in [3.63, 3.8) is 0 Å². The molecule has 0 atom stereocenters. The molecule has 0 aliphatic carbocycles. The van der Waals surface area contributed by atoms with Gasteiger partial charge < -0.3 is 4.74 Å². The molecule has 2 aromatic rings. The molecule has 0 bridgehead atoms. The summed E-state index contributed by atoms with van der Waals surface area (Å²) in [5.41, 5.74) is 0.961. The van der Waals surface area contributed by atoms with E-state index in [0.29, 0.717) is 6.61 Å². The Labute approximate surface area is 112 Å². The molecule has 0 unspecified atom stereocenters. The summed E-state index contributed by atoms with van der Waals surface area (Å²) in [4.78, 5) is 0.123. The average molecular weight is 278 g/mol. The molecule has 4 nitrogen and oxygen atoms in total. The van der Waals surface area contributed by atoms with Crippen molar-refractivity contribution in [1.29, 1.82) is 0 Å². The predicted octanol–water partition coefficient (Wildman–Crippen LogP) is 2.57. The van der Waals surface area contributed by atoms with Crippen LogP contribution in [0.15, 0.2) is 65.6 Å². The van der Waals surface area contributed by atoms with E-state index in [0.717, 1.165) is 5.56 Å². The van der Waals surface area contributed by atoms with Crippen LogP contribution in [0.4, 0.5) is 0 Å². The van der Waals surface area contributed by atoms with Crippen molar-refractivity contribution < 1.29 is 17.3 Å². The van der Waals surface area contributed by atoms with Gasteiger partial charge in [0.2, 0.25) is 0 Å². The Hall–Kier alpha value is -1.69. The second-order valence-corrected chi connectivity index (χ2v) is 5.45. The predicted molar refractivity (Wildman–Crippen MR) is 70.8 cm³/mol. The van der Waals surface area contributed by atoms with E-state index in [1.54, 1.807) is 18.2 Å². The van der Waals surface area contributed by atoms with E-state index in [1.165, 1.54) is 12.1 Å². The first-order valence-electron chi connectivity index (χ1n) is 5.75. The average Bonchev–Trinajstić information content (AvgIpc) is 2.46. The van der Waals surface area contributed by atoms with Crippen molar-refractivity contribution in [3.05, 3.63) is 66.2 Å². The maximum absolute atomic E-state index is 11.7. The second kappa shape index (κ2) is 6.47. The Balaban J connectivity index is 1.83. The largest absolute Gasteiger partial charge is 0.349 e. The highest BCUT2D eigenvalue weighted by molar-refractivity contribution is 7.86. The Morgan fingerprint density at radius 3 is 2.05 bits per heavy atom. The number of hydrogen-bond acceptors (Lipinski definition) is 4. The van der Waals surface area contributed by atoms with Gasteiger partial charge in [-0.2, -0.15) is 8.42 Å². The molecule has 0 amide bonds. The van der Waals surface area contributed by atoms with Crippen LogP contribution < -0.4 is 0 Å². The third kappa shape index (κ3) is 4.17. The van der Waals surface area contributed by atoms with Gasteiger partial charge in [-0.1, -0.05) is 48.5 Å². The molecule has 0 fully saturated rings. The molecular weight excluding hydrogens is 264 g/mol. The van der Waals surface area contributed by atoms with Crippen molar-refractivity contribution in [2.24, 2.45) is 0 Å². The zero-order valence-corrected chi connectivity index (χ0v) is 11.0. The fraction of sp³-hybridized carbons (Fsp3) is 0.143. The minimum Gasteiger partial charge on any atom is -0.349 e. The summed E-state index contributed by atoms with van der Waals surface area (Å²) in [6.07, 6.45) is 0. The van der Waals surface area contributed by atoms with E-state index >= 15 is 0 Å². The van der Waals surface area contributed by atoms with E-state index in [2.05, 4.69) is 0 Å². The van der Waals surface area contributed by atoms with E-state index < -0.39 is 10.1 Å². The van der Waals surface area contributed by atoms with Crippen molar-refractivity contribution in [2.45, 2.75) is 11.5 Å². The van der Waals surface area contributed by atoms with E-state index in [9.17, 15) is 8.42 Å². The first-order chi connectivity index (χ1) is 9.18. The van der Waals surface area contributed by atoms with Crippen LogP contribution in [0.25, 0.3) is 0 Å². The Kier molecular flexibility index (Phi) is 4.68. The van der Waals surface area contributed by atoms with Crippen molar-refractivity contribution in [1.82, 2.24) is 0 Å². The van der Waals surface area contributed by atoms with E-state index in [4.69, 9.17) is 8.92 Å². The van der Waals surface area contributed by atoms with Gasteiger partial charge in [-0.3, -0.25) is 0 Å². The van der Waals surface area contributed by atoms with Crippen molar-refractivity contribution >= 4 is 10.1 Å². The lowest BCUT2D eigenvalue weighted by Crippen LogP contribution is -2.09. The molecule has 0 saturated carbocycles. The lowest BCUT2D eigenvalue weighted by atomic mass is 10.2. The van der Waals surface area contributed by atoms with Crippen LogP contribution >= 0.6 is 0 Å². The van der Waals surface area contributed by atoms with Gasteiger partial charge in [0.25, 0.3) is 10.1 Å². The van der Waals surface area contributed by atoms with Gasteiger partial charge >= 0.3 is 0 Å². The highest BCUT2D eigenvalue weighted by Gasteiger charge is 2.13. The van der Waals surface area contributed by atoms with Gasteiger partial charge in [0.05, 0.1) is 11.5 Å². The standard InChI is InChI=1S/C14H14O4S/c15-19(16,14-9-5-2-6-10-14)18-12-17-11-13-7-3-1-4-8-13/h1-10H,11-12H2. The normalized spacial score (nSPS) is 11.4. The lowest BCUT2D eigenvalue weighted by molar-refractivity contribution is 0.00904. The maximum atomic E-state index is 11.7. The summed E-state index contributed by atoms with van der Waals surface area (Å²) in [6.45, 7) is 0.0112. The van der Waals surface area contributed by atoms with Crippen LogP contribution in [0.3, 0.4) is 0 Å². The summed E-state index contributed by atoms with van der Waals surface area (Å²) in [5, 5.41) is 0. The molecular formula is C14H14O4S. The summed E-state index contributed by atoms with van der Waals surface area (Å²) >= 11 is 0. The molecule has 0 heterocycles. The molecule has 0 aliphatic rings. The highest BCUT2D eigenvalue weighted by Crippen LogP contribution is 2.11. The molecule has 2 aromatic carbocycles. The van der Waals surface area contributed by atoms with Crippen molar-refractivity contribution in [2.75, 3.05) is 6.79 Å². The quantitative estimate of drug-likeness (QED) is 0.463. The molecule has 0 radical (unpaired) electrons. The summed E-state index contributed by atoms with van der Waals surface area (Å²) in [5.74, 6) is 0. The van der Waals surface area contributed by atoms with Crippen LogP contribution in [0.5, 0.6) is 0 Å². The zero-order valence-electron chi connectivity index (χ0n) is 10.2. The first kappa shape index (κ1) is 13.7. The molecule has 0 N–H and O–H groups in total. The smallest absolute Gasteiger partial charge is 0.299 e. The lowest BCUT2D eigenvalue weighted by Gasteiger charge is -2.06. The highest BCUT2D eigenvalue weighted by atomic mass is 32.2. The fourth-order valence-electron chi connectivity index (χ4n) is 1.49. The summed E-state index contributed by atoms with van der Waals surface area (Å²) in [6, 6.07) is 17.4. The molecule has 0 aromatic heterocycles. The van der Waals surface area contributed by atoms with Crippen LogP contribution in [0, 0.1) is 0 Å². The Morgan fingerprint density at radius 2 is 1.42 bits per heavy atom. The van der Waals surface area contributed by atoms with Crippen LogP contribution in [0.2, 0.25) is 0 Å². The monoisotopic (exact) mass is 278 g/mol. The molecule has 2 rings (SSSR count). The Morgan fingerprint density at radius 1 is 0.842 bits per heavy atom. The summed E-state index contributed by atoms with van der Waals surface area (Å²) < 4.78 is 33.4. The molecule has 0 aliphatic heterocycles. The van der Waals surface area contributed by atoms with E-state index in [-0.39, 0.29) is 11.7 Å². The van der Waals surface area contributed by atoms with Gasteiger partial charge in [0, 0.05) is 0 Å². The fourth-order valence-corrected chi connectivity index (χ4v) is 2.31.